The van der Waals surface area contributed by atoms with Gasteiger partial charge in [-0.2, -0.15) is 18.3 Å². The van der Waals surface area contributed by atoms with Crippen LogP contribution in [0, 0.1) is 6.92 Å². The molecule has 2 N–H and O–H groups in total. The van der Waals surface area contributed by atoms with Crippen LogP contribution in [0.4, 0.5) is 13.2 Å². The summed E-state index contributed by atoms with van der Waals surface area (Å²) in [5, 5.41) is 12.6. The Hall–Kier alpha value is -2.68. The van der Waals surface area contributed by atoms with Crippen LogP contribution in [0.3, 0.4) is 0 Å². The van der Waals surface area contributed by atoms with Crippen LogP contribution in [-0.4, -0.2) is 28.7 Å². The number of rotatable bonds is 5. The molecule has 9 heteroatoms. The van der Waals surface area contributed by atoms with E-state index in [0.29, 0.717) is 0 Å². The fourth-order valence-corrected chi connectivity index (χ4v) is 2.68. The molecule has 0 aliphatic carbocycles. The van der Waals surface area contributed by atoms with Gasteiger partial charge in [0, 0.05) is 4.88 Å². The lowest BCUT2D eigenvalue weighted by molar-refractivity contribution is -0.0605. The first-order chi connectivity index (χ1) is 11.7. The summed E-state index contributed by atoms with van der Waals surface area (Å²) < 4.78 is 39.2. The van der Waals surface area contributed by atoms with Gasteiger partial charge in [-0.3, -0.25) is 9.59 Å². The molecule has 0 aliphatic heterocycles. The molecular formula is C16H13F3N2O3S. The van der Waals surface area contributed by atoms with Crippen LogP contribution >= 0.6 is 11.3 Å². The molecule has 0 aliphatic rings. The van der Waals surface area contributed by atoms with E-state index in [1.165, 1.54) is 30.3 Å². The van der Waals surface area contributed by atoms with Crippen LogP contribution < -0.4 is 5.43 Å². The number of thiophene rings is 1. The second-order valence-electron chi connectivity index (χ2n) is 5.02. The predicted octanol–water partition coefficient (Wildman–Crippen LogP) is 3.68. The Labute approximate surface area is 144 Å². The lowest BCUT2D eigenvalue weighted by Gasteiger charge is -2.10. The molecule has 1 amide bonds. The van der Waals surface area contributed by atoms with Gasteiger partial charge in [-0.25, -0.2) is 5.43 Å². The summed E-state index contributed by atoms with van der Waals surface area (Å²) >= 11 is 1.08. The molecule has 1 aromatic carbocycles. The zero-order chi connectivity index (χ0) is 18.6. The largest absolute Gasteiger partial charge is 0.507 e. The average Bonchev–Trinajstić information content (AvgIpc) is 2.97. The second kappa shape index (κ2) is 7.47. The molecule has 2 aromatic rings. The van der Waals surface area contributed by atoms with E-state index in [2.05, 4.69) is 5.10 Å². The number of Topliss-reactive ketones (excluding diaryl/α,β-unsaturated/α-hetero) is 1. The second-order valence-corrected chi connectivity index (χ2v) is 6.31. The molecule has 0 fully saturated rings. The Kier molecular flexibility index (Phi) is 5.58. The van der Waals surface area contributed by atoms with E-state index in [1.807, 2.05) is 0 Å². The fourth-order valence-electron chi connectivity index (χ4n) is 1.87. The van der Waals surface area contributed by atoms with Gasteiger partial charge in [0.25, 0.3) is 5.91 Å². The minimum Gasteiger partial charge on any atom is -0.507 e. The maximum atomic E-state index is 13.1. The van der Waals surface area contributed by atoms with Crippen molar-refractivity contribution in [3.05, 3.63) is 51.7 Å². The Bertz CT molecular complexity index is 828. The van der Waals surface area contributed by atoms with Gasteiger partial charge in [-0.05, 0) is 31.2 Å². The first-order valence-electron chi connectivity index (χ1n) is 7.00. The molecule has 25 heavy (non-hydrogen) atoms. The number of nitrogens with one attached hydrogen (secondary N) is 1. The maximum absolute atomic E-state index is 13.1. The Balaban J connectivity index is 2.17. The van der Waals surface area contributed by atoms with Crippen molar-refractivity contribution in [3.8, 4) is 5.75 Å². The molecule has 5 nitrogen and oxygen atoms in total. The first kappa shape index (κ1) is 18.7. The van der Waals surface area contributed by atoms with Crippen molar-refractivity contribution in [2.24, 2.45) is 5.10 Å². The topological polar surface area (TPSA) is 78.8 Å². The molecule has 0 saturated carbocycles. The van der Waals surface area contributed by atoms with Gasteiger partial charge in [-0.1, -0.05) is 12.1 Å². The van der Waals surface area contributed by atoms with E-state index in [1.54, 1.807) is 18.4 Å². The smallest absolute Gasteiger partial charge is 0.431 e. The van der Waals surface area contributed by atoms with Gasteiger partial charge in [0.05, 0.1) is 16.9 Å². The number of carbonyl (C=O) groups excluding carboxylic acids is 2. The molecule has 0 bridgehead atoms. The number of hydrogen-bond donors (Lipinski definition) is 2. The van der Waals surface area contributed by atoms with E-state index >= 15 is 0 Å². The molecule has 2 rings (SSSR count). The van der Waals surface area contributed by atoms with Crippen molar-refractivity contribution >= 4 is 28.7 Å². The van der Waals surface area contributed by atoms with Gasteiger partial charge >= 0.3 is 6.18 Å². The third-order valence-electron chi connectivity index (χ3n) is 3.11. The summed E-state index contributed by atoms with van der Waals surface area (Å²) in [4.78, 5) is 24.8. The highest BCUT2D eigenvalue weighted by atomic mass is 32.1. The number of carbonyl (C=O) groups is 2. The molecule has 0 atom stereocenters. The molecule has 1 aromatic heterocycles. The number of amides is 1. The van der Waals surface area contributed by atoms with Crippen molar-refractivity contribution in [2.45, 2.75) is 19.5 Å². The van der Waals surface area contributed by atoms with E-state index in [-0.39, 0.29) is 10.4 Å². The normalized spacial score (nSPS) is 12.1. The number of alkyl halides is 3. The number of halogens is 3. The van der Waals surface area contributed by atoms with Crippen molar-refractivity contribution < 1.29 is 27.9 Å². The van der Waals surface area contributed by atoms with E-state index in [4.69, 9.17) is 0 Å². The van der Waals surface area contributed by atoms with Crippen LogP contribution in [0.2, 0.25) is 0 Å². The number of para-hydroxylation sites is 1. The van der Waals surface area contributed by atoms with Crippen LogP contribution in [0.15, 0.2) is 41.5 Å². The van der Waals surface area contributed by atoms with Crippen molar-refractivity contribution in [2.75, 3.05) is 0 Å². The zero-order valence-electron chi connectivity index (χ0n) is 12.9. The molecule has 1 heterocycles. The lowest BCUT2D eigenvalue weighted by Crippen LogP contribution is -2.30. The number of nitrogens with zero attached hydrogens (tertiary/aromatic N) is 1. The van der Waals surface area contributed by atoms with Gasteiger partial charge in [-0.15, -0.1) is 11.3 Å². The fraction of sp³-hybridized carbons (Fsp3) is 0.188. The highest BCUT2D eigenvalue weighted by Gasteiger charge is 2.37. The Morgan fingerprint density at radius 3 is 2.44 bits per heavy atom. The number of benzene rings is 1. The van der Waals surface area contributed by atoms with Gasteiger partial charge in [0.15, 0.2) is 5.78 Å². The quantitative estimate of drug-likeness (QED) is 0.479. The summed E-state index contributed by atoms with van der Waals surface area (Å²) in [6.07, 6.45) is -5.88. The number of phenolic OH excluding ortho intramolecular Hbond substituents is 1. The number of phenols is 1. The molecule has 0 spiro atoms. The van der Waals surface area contributed by atoms with E-state index in [9.17, 15) is 27.9 Å². The third kappa shape index (κ3) is 4.90. The Morgan fingerprint density at radius 2 is 1.88 bits per heavy atom. The molecular weight excluding hydrogens is 357 g/mol. The van der Waals surface area contributed by atoms with Crippen LogP contribution in [0.25, 0.3) is 0 Å². The number of ketones is 1. The summed E-state index contributed by atoms with van der Waals surface area (Å²) in [7, 11) is 0. The average molecular weight is 370 g/mol. The number of hydrogen-bond acceptors (Lipinski definition) is 5. The highest BCUT2D eigenvalue weighted by molar-refractivity contribution is 7.14. The van der Waals surface area contributed by atoms with E-state index < -0.39 is 35.7 Å². The number of aromatic hydroxyl groups is 1. The SMILES string of the molecule is Cc1ccc(C(=O)C/C(=N/NC(=O)c2ccccc2O)C(F)(F)F)s1. The van der Waals surface area contributed by atoms with Crippen molar-refractivity contribution in [1.82, 2.24) is 5.43 Å². The maximum Gasteiger partial charge on any atom is 0.431 e. The summed E-state index contributed by atoms with van der Waals surface area (Å²) in [5.74, 6) is -2.15. The lowest BCUT2D eigenvalue weighted by atomic mass is 10.1. The number of aryl methyl sites for hydroxylation is 1. The number of hydrazone groups is 1. The first-order valence-corrected chi connectivity index (χ1v) is 7.82. The van der Waals surface area contributed by atoms with E-state index in [0.717, 1.165) is 16.2 Å². The van der Waals surface area contributed by atoms with Crippen LogP contribution in [0.1, 0.15) is 31.3 Å². The molecule has 0 saturated heterocycles. The van der Waals surface area contributed by atoms with Crippen LogP contribution in [-0.2, 0) is 0 Å². The standard InChI is InChI=1S/C16H13F3N2O3S/c1-9-6-7-13(25-9)12(23)8-14(16(17,18)19)20-21-15(24)10-4-2-3-5-11(10)22/h2-7,22H,8H2,1H3,(H,21,24)/b20-14-. The summed E-state index contributed by atoms with van der Waals surface area (Å²) in [5.41, 5.74) is 0.0762. The monoisotopic (exact) mass is 370 g/mol. The predicted molar refractivity (Wildman–Crippen MR) is 87.1 cm³/mol. The van der Waals surface area contributed by atoms with Gasteiger partial charge in [0.1, 0.15) is 11.5 Å². The van der Waals surface area contributed by atoms with Crippen molar-refractivity contribution in [1.29, 1.82) is 0 Å². The van der Waals surface area contributed by atoms with Crippen LogP contribution in [0.5, 0.6) is 5.75 Å². The molecule has 0 radical (unpaired) electrons. The van der Waals surface area contributed by atoms with Gasteiger partial charge < -0.3 is 5.11 Å². The Morgan fingerprint density at radius 1 is 1.20 bits per heavy atom. The third-order valence-corrected chi connectivity index (χ3v) is 4.15. The molecule has 132 valence electrons. The minimum absolute atomic E-state index is 0.182. The van der Waals surface area contributed by atoms with Gasteiger partial charge in [0.2, 0.25) is 0 Å². The summed E-state index contributed by atoms with van der Waals surface area (Å²) in [6.45, 7) is 1.73. The van der Waals surface area contributed by atoms with Crippen molar-refractivity contribution in [3.63, 3.8) is 0 Å². The summed E-state index contributed by atoms with van der Waals surface area (Å²) in [6, 6.07) is 8.40. The highest BCUT2D eigenvalue weighted by Crippen LogP contribution is 2.23. The molecule has 0 unspecified atom stereocenters. The zero-order valence-corrected chi connectivity index (χ0v) is 13.7. The minimum atomic E-state index is -4.88.